The van der Waals surface area contributed by atoms with Crippen molar-refractivity contribution >= 4 is 11.6 Å². The molecular weight excluding hydrogens is 208 g/mol. The Hall–Kier alpha value is -1.75. The molecule has 1 amide bonds. The first kappa shape index (κ1) is 12.3. The second-order valence-corrected chi connectivity index (χ2v) is 3.34. The maximum absolute atomic E-state index is 11.4. The lowest BCUT2D eigenvalue weighted by atomic mass is 10.2. The smallest absolute Gasteiger partial charge is 0.241 e. The third-order valence-electron chi connectivity index (χ3n) is 2.08. The first-order chi connectivity index (χ1) is 7.58. The Balaban J connectivity index is 2.95. The van der Waals surface area contributed by atoms with Crippen molar-refractivity contribution < 1.29 is 14.3 Å². The van der Waals surface area contributed by atoms with Crippen LogP contribution in [0.4, 0.5) is 5.69 Å². The Morgan fingerprint density at radius 1 is 1.38 bits per heavy atom. The topological polar surface area (TPSA) is 73.6 Å². The molecule has 0 heterocycles. The minimum absolute atomic E-state index is 0.272. The summed E-state index contributed by atoms with van der Waals surface area (Å²) < 4.78 is 10.2. The van der Waals surface area contributed by atoms with E-state index in [1.54, 1.807) is 32.2 Å². The normalized spacial score (nSPS) is 11.8. The van der Waals surface area contributed by atoms with Crippen molar-refractivity contribution in [3.05, 3.63) is 18.2 Å². The summed E-state index contributed by atoms with van der Waals surface area (Å²) in [4.78, 5) is 11.4. The summed E-state index contributed by atoms with van der Waals surface area (Å²) in [5.74, 6) is 0.933. The maximum Gasteiger partial charge on any atom is 0.241 e. The zero-order valence-corrected chi connectivity index (χ0v) is 9.61. The van der Waals surface area contributed by atoms with E-state index in [-0.39, 0.29) is 5.91 Å². The Kier molecular flexibility index (Phi) is 4.13. The molecule has 0 aliphatic heterocycles. The summed E-state index contributed by atoms with van der Waals surface area (Å²) in [6.45, 7) is 1.61. The zero-order valence-electron chi connectivity index (χ0n) is 9.61. The van der Waals surface area contributed by atoms with Gasteiger partial charge in [-0.2, -0.15) is 0 Å². The first-order valence-corrected chi connectivity index (χ1v) is 4.87. The van der Waals surface area contributed by atoms with Gasteiger partial charge in [0.1, 0.15) is 11.5 Å². The number of amides is 1. The molecule has 88 valence electrons. The Bertz CT molecular complexity index is 377. The van der Waals surface area contributed by atoms with Crippen LogP contribution in [0.5, 0.6) is 11.5 Å². The molecule has 0 saturated heterocycles. The van der Waals surface area contributed by atoms with E-state index >= 15 is 0 Å². The average Bonchev–Trinajstić information content (AvgIpc) is 2.28. The average molecular weight is 224 g/mol. The summed E-state index contributed by atoms with van der Waals surface area (Å²) in [6, 6.07) is 4.57. The lowest BCUT2D eigenvalue weighted by Crippen LogP contribution is -2.32. The van der Waals surface area contributed by atoms with Gasteiger partial charge in [-0.15, -0.1) is 0 Å². The summed E-state index contributed by atoms with van der Waals surface area (Å²) in [5.41, 5.74) is 6.01. The molecule has 0 aromatic heterocycles. The van der Waals surface area contributed by atoms with Crippen LogP contribution in [0.15, 0.2) is 18.2 Å². The van der Waals surface area contributed by atoms with Crippen molar-refractivity contribution in [3.63, 3.8) is 0 Å². The van der Waals surface area contributed by atoms with Gasteiger partial charge in [0.15, 0.2) is 0 Å². The minimum Gasteiger partial charge on any atom is -0.497 e. The molecule has 16 heavy (non-hydrogen) atoms. The highest BCUT2D eigenvalue weighted by Gasteiger charge is 2.11. The Morgan fingerprint density at radius 3 is 2.56 bits per heavy atom. The van der Waals surface area contributed by atoms with Crippen LogP contribution < -0.4 is 20.5 Å². The molecule has 5 heteroatoms. The number of hydrogen-bond donors (Lipinski definition) is 2. The highest BCUT2D eigenvalue weighted by atomic mass is 16.5. The van der Waals surface area contributed by atoms with E-state index in [2.05, 4.69) is 5.32 Å². The predicted octanol–water partition coefficient (Wildman–Crippen LogP) is 0.989. The van der Waals surface area contributed by atoms with Gasteiger partial charge in [-0.25, -0.2) is 0 Å². The molecule has 0 bridgehead atoms. The monoisotopic (exact) mass is 224 g/mol. The summed E-state index contributed by atoms with van der Waals surface area (Å²) in [7, 11) is 3.09. The van der Waals surface area contributed by atoms with Gasteiger partial charge >= 0.3 is 0 Å². The second-order valence-electron chi connectivity index (χ2n) is 3.34. The van der Waals surface area contributed by atoms with E-state index in [1.165, 1.54) is 7.11 Å². The first-order valence-electron chi connectivity index (χ1n) is 4.87. The molecule has 0 fully saturated rings. The van der Waals surface area contributed by atoms with E-state index in [0.29, 0.717) is 17.2 Å². The van der Waals surface area contributed by atoms with E-state index in [9.17, 15) is 4.79 Å². The van der Waals surface area contributed by atoms with Crippen molar-refractivity contribution in [3.8, 4) is 11.5 Å². The molecule has 0 aliphatic rings. The summed E-state index contributed by atoms with van der Waals surface area (Å²) in [5, 5.41) is 2.67. The van der Waals surface area contributed by atoms with Crippen LogP contribution in [0.1, 0.15) is 6.92 Å². The number of methoxy groups -OCH3 is 2. The molecule has 0 saturated carbocycles. The van der Waals surface area contributed by atoms with Crippen molar-refractivity contribution in [2.45, 2.75) is 13.0 Å². The van der Waals surface area contributed by atoms with Gasteiger partial charge in [0.2, 0.25) is 5.91 Å². The quantitative estimate of drug-likeness (QED) is 0.799. The number of rotatable bonds is 4. The third kappa shape index (κ3) is 2.87. The molecule has 5 nitrogen and oxygen atoms in total. The maximum atomic E-state index is 11.4. The van der Waals surface area contributed by atoms with Gasteiger partial charge in [-0.1, -0.05) is 0 Å². The molecule has 3 N–H and O–H groups in total. The van der Waals surface area contributed by atoms with Crippen molar-refractivity contribution in [1.29, 1.82) is 0 Å². The number of carbonyl (C=O) groups is 1. The molecule has 0 spiro atoms. The van der Waals surface area contributed by atoms with E-state index in [4.69, 9.17) is 15.2 Å². The fourth-order valence-corrected chi connectivity index (χ4v) is 1.16. The number of carbonyl (C=O) groups excluding carboxylic acids is 1. The molecule has 0 radical (unpaired) electrons. The van der Waals surface area contributed by atoms with Gasteiger partial charge in [0.25, 0.3) is 0 Å². The highest BCUT2D eigenvalue weighted by Crippen LogP contribution is 2.28. The molecular formula is C11H16N2O3. The number of anilines is 1. The summed E-state index contributed by atoms with van der Waals surface area (Å²) >= 11 is 0. The summed E-state index contributed by atoms with van der Waals surface area (Å²) in [6.07, 6.45) is 0. The fourth-order valence-electron chi connectivity index (χ4n) is 1.16. The van der Waals surface area contributed by atoms with Crippen LogP contribution in [-0.2, 0) is 4.79 Å². The molecule has 1 aromatic carbocycles. The van der Waals surface area contributed by atoms with Crippen molar-refractivity contribution in [1.82, 2.24) is 0 Å². The standard InChI is InChI=1S/C11H16N2O3/c1-7(12)11(14)13-9-6-8(15-2)4-5-10(9)16-3/h4-7H,12H2,1-3H3,(H,13,14). The van der Waals surface area contributed by atoms with Crippen molar-refractivity contribution in [2.75, 3.05) is 19.5 Å². The van der Waals surface area contributed by atoms with Gasteiger partial charge in [-0.3, -0.25) is 4.79 Å². The second kappa shape index (κ2) is 5.37. The molecule has 1 atom stereocenters. The van der Waals surface area contributed by atoms with Crippen LogP contribution in [0.3, 0.4) is 0 Å². The lowest BCUT2D eigenvalue weighted by Gasteiger charge is -2.12. The van der Waals surface area contributed by atoms with Crippen LogP contribution in [0.2, 0.25) is 0 Å². The van der Waals surface area contributed by atoms with Gasteiger partial charge in [-0.05, 0) is 19.1 Å². The molecule has 1 rings (SSSR count). The van der Waals surface area contributed by atoms with E-state index in [0.717, 1.165) is 0 Å². The fraction of sp³-hybridized carbons (Fsp3) is 0.364. The number of hydrogen-bond acceptors (Lipinski definition) is 4. The third-order valence-corrected chi connectivity index (χ3v) is 2.08. The van der Waals surface area contributed by atoms with Crippen LogP contribution in [0, 0.1) is 0 Å². The number of ether oxygens (including phenoxy) is 2. The van der Waals surface area contributed by atoms with Crippen LogP contribution in [0.25, 0.3) is 0 Å². The van der Waals surface area contributed by atoms with Crippen LogP contribution >= 0.6 is 0 Å². The van der Waals surface area contributed by atoms with Gasteiger partial charge in [0.05, 0.1) is 25.9 Å². The number of benzene rings is 1. The zero-order chi connectivity index (χ0) is 12.1. The van der Waals surface area contributed by atoms with Crippen LogP contribution in [-0.4, -0.2) is 26.2 Å². The number of nitrogens with one attached hydrogen (secondary N) is 1. The van der Waals surface area contributed by atoms with Crippen molar-refractivity contribution in [2.24, 2.45) is 5.73 Å². The molecule has 0 aliphatic carbocycles. The highest BCUT2D eigenvalue weighted by molar-refractivity contribution is 5.95. The largest absolute Gasteiger partial charge is 0.497 e. The molecule has 1 aromatic rings. The Morgan fingerprint density at radius 2 is 2.06 bits per heavy atom. The van der Waals surface area contributed by atoms with E-state index < -0.39 is 6.04 Å². The lowest BCUT2D eigenvalue weighted by molar-refractivity contribution is -0.117. The van der Waals surface area contributed by atoms with E-state index in [1.807, 2.05) is 0 Å². The number of nitrogens with two attached hydrogens (primary N) is 1. The predicted molar refractivity (Wildman–Crippen MR) is 61.8 cm³/mol. The van der Waals surface area contributed by atoms with Gasteiger partial charge < -0.3 is 20.5 Å². The molecule has 1 unspecified atom stereocenters. The Labute approximate surface area is 94.5 Å². The minimum atomic E-state index is -0.573. The SMILES string of the molecule is COc1ccc(OC)c(NC(=O)C(C)N)c1. The van der Waals surface area contributed by atoms with Gasteiger partial charge in [0, 0.05) is 6.07 Å².